The molecule has 0 saturated heterocycles. The molecule has 0 aliphatic carbocycles. The van der Waals surface area contributed by atoms with Gasteiger partial charge in [-0.15, -0.1) is 0 Å². The Morgan fingerprint density at radius 2 is 2.12 bits per heavy atom. The number of fused-ring (bicyclic) bond motifs is 2. The lowest BCUT2D eigenvalue weighted by Crippen LogP contribution is -2.18. The van der Waals surface area contributed by atoms with E-state index < -0.39 is 0 Å². The number of hydrogen-bond acceptors (Lipinski definition) is 5. The standard InChI is InChI=1S/C11H9N3O2/c15-10-6-14-13-5-7-3-11-9(4-8(7)10)12-1-2-16-11/h3-6,12H,1-2H2. The lowest BCUT2D eigenvalue weighted by molar-refractivity contribution is 0.324. The fourth-order valence-electron chi connectivity index (χ4n) is 1.77. The number of nitrogens with one attached hydrogen (secondary N) is 1. The molecular weight excluding hydrogens is 206 g/mol. The van der Waals surface area contributed by atoms with Crippen molar-refractivity contribution in [3.8, 4) is 5.75 Å². The third kappa shape index (κ3) is 1.37. The number of ether oxygens (including phenoxy) is 1. The van der Waals surface area contributed by atoms with Crippen LogP contribution < -0.4 is 15.5 Å². The number of hydrogen-bond donors (Lipinski definition) is 1. The molecule has 2 aromatic rings. The molecule has 1 aliphatic heterocycles. The van der Waals surface area contributed by atoms with Gasteiger partial charge in [-0.05, 0) is 12.1 Å². The van der Waals surface area contributed by atoms with Crippen molar-refractivity contribution in [1.29, 1.82) is 0 Å². The Morgan fingerprint density at radius 3 is 3.06 bits per heavy atom. The summed E-state index contributed by atoms with van der Waals surface area (Å²) in [5.74, 6) is 0.756. The Bertz CT molecular complexity index is 613. The van der Waals surface area contributed by atoms with Gasteiger partial charge in [-0.1, -0.05) is 0 Å². The largest absolute Gasteiger partial charge is 0.490 e. The average Bonchev–Trinajstić information content (AvgIpc) is 2.49. The van der Waals surface area contributed by atoms with Gasteiger partial charge in [0.05, 0.1) is 18.1 Å². The summed E-state index contributed by atoms with van der Waals surface area (Å²) in [5, 5.41) is 11.9. The van der Waals surface area contributed by atoms with E-state index in [1.54, 1.807) is 12.3 Å². The van der Waals surface area contributed by atoms with E-state index in [1.165, 1.54) is 6.20 Å². The molecular formula is C11H9N3O2. The number of nitrogens with zero attached hydrogens (tertiary/aromatic N) is 2. The number of anilines is 1. The Hall–Kier alpha value is -2.17. The van der Waals surface area contributed by atoms with E-state index in [0.717, 1.165) is 23.4 Å². The molecule has 0 fully saturated rings. The molecule has 0 saturated carbocycles. The van der Waals surface area contributed by atoms with Gasteiger partial charge >= 0.3 is 0 Å². The summed E-state index contributed by atoms with van der Waals surface area (Å²) in [4.78, 5) is 11.7. The highest BCUT2D eigenvalue weighted by Gasteiger charge is 2.11. The van der Waals surface area contributed by atoms with Crippen molar-refractivity contribution < 1.29 is 4.74 Å². The Morgan fingerprint density at radius 1 is 1.25 bits per heavy atom. The number of rotatable bonds is 0. The molecule has 2 heterocycles. The molecule has 1 aromatic carbocycles. The molecule has 0 amide bonds. The van der Waals surface area contributed by atoms with Gasteiger partial charge in [0.2, 0.25) is 5.43 Å². The zero-order valence-electron chi connectivity index (χ0n) is 8.43. The number of aromatic nitrogens is 2. The van der Waals surface area contributed by atoms with Gasteiger partial charge in [0, 0.05) is 17.3 Å². The molecule has 1 aliphatic rings. The van der Waals surface area contributed by atoms with E-state index in [0.29, 0.717) is 12.0 Å². The van der Waals surface area contributed by atoms with Crippen LogP contribution in [0.25, 0.3) is 10.8 Å². The first-order chi connectivity index (χ1) is 7.84. The second kappa shape index (κ2) is 3.44. The van der Waals surface area contributed by atoms with E-state index in [9.17, 15) is 4.79 Å². The van der Waals surface area contributed by atoms with Gasteiger partial charge in [0.25, 0.3) is 0 Å². The molecule has 0 radical (unpaired) electrons. The lowest BCUT2D eigenvalue weighted by atomic mass is 10.1. The monoisotopic (exact) mass is 215 g/mol. The molecule has 80 valence electrons. The zero-order chi connectivity index (χ0) is 11.0. The third-order valence-electron chi connectivity index (χ3n) is 2.53. The SMILES string of the molecule is O=c1cnncc2cc3c(cc12)NCCO3. The van der Waals surface area contributed by atoms with Crippen LogP contribution >= 0.6 is 0 Å². The van der Waals surface area contributed by atoms with Crippen molar-refractivity contribution in [2.45, 2.75) is 0 Å². The molecule has 0 spiro atoms. The second-order valence-corrected chi connectivity index (χ2v) is 3.56. The maximum atomic E-state index is 11.7. The van der Waals surface area contributed by atoms with Crippen LogP contribution in [0.5, 0.6) is 5.75 Å². The minimum Gasteiger partial charge on any atom is -0.490 e. The predicted molar refractivity (Wildman–Crippen MR) is 59.8 cm³/mol. The highest BCUT2D eigenvalue weighted by molar-refractivity contribution is 5.87. The Balaban J connectivity index is 2.39. The van der Waals surface area contributed by atoms with Gasteiger partial charge in [-0.3, -0.25) is 4.79 Å². The molecule has 5 nitrogen and oxygen atoms in total. The van der Waals surface area contributed by atoms with Crippen LogP contribution in [0.3, 0.4) is 0 Å². The van der Waals surface area contributed by atoms with E-state index >= 15 is 0 Å². The van der Waals surface area contributed by atoms with Gasteiger partial charge < -0.3 is 10.1 Å². The smallest absolute Gasteiger partial charge is 0.206 e. The van der Waals surface area contributed by atoms with Crippen LogP contribution in [-0.4, -0.2) is 23.3 Å². The van der Waals surface area contributed by atoms with Crippen molar-refractivity contribution in [2.24, 2.45) is 0 Å². The van der Waals surface area contributed by atoms with E-state index in [4.69, 9.17) is 4.74 Å². The molecule has 0 bridgehead atoms. The molecule has 3 rings (SSSR count). The summed E-state index contributed by atoms with van der Waals surface area (Å²) < 4.78 is 5.49. The first kappa shape index (κ1) is 9.08. The van der Waals surface area contributed by atoms with Crippen LogP contribution in [-0.2, 0) is 0 Å². The fraction of sp³-hybridized carbons (Fsp3) is 0.182. The minimum absolute atomic E-state index is 0.136. The minimum atomic E-state index is -0.136. The quantitative estimate of drug-likeness (QED) is 0.704. The van der Waals surface area contributed by atoms with E-state index in [-0.39, 0.29) is 5.43 Å². The molecule has 1 N–H and O–H groups in total. The van der Waals surface area contributed by atoms with Crippen molar-refractivity contribution in [3.63, 3.8) is 0 Å². The normalized spacial score (nSPS) is 13.8. The van der Waals surface area contributed by atoms with Gasteiger partial charge in [0.15, 0.2) is 0 Å². The zero-order valence-corrected chi connectivity index (χ0v) is 8.43. The van der Waals surface area contributed by atoms with Crippen LogP contribution in [0, 0.1) is 0 Å². The van der Waals surface area contributed by atoms with Crippen LogP contribution in [0.1, 0.15) is 0 Å². The van der Waals surface area contributed by atoms with Crippen molar-refractivity contribution in [1.82, 2.24) is 10.2 Å². The first-order valence-electron chi connectivity index (χ1n) is 5.00. The molecule has 0 unspecified atom stereocenters. The fourth-order valence-corrected chi connectivity index (χ4v) is 1.77. The van der Waals surface area contributed by atoms with Crippen molar-refractivity contribution in [2.75, 3.05) is 18.5 Å². The van der Waals surface area contributed by atoms with Gasteiger partial charge in [-0.2, -0.15) is 10.2 Å². The van der Waals surface area contributed by atoms with E-state index in [1.807, 2.05) is 6.07 Å². The molecule has 16 heavy (non-hydrogen) atoms. The summed E-state index contributed by atoms with van der Waals surface area (Å²) >= 11 is 0. The van der Waals surface area contributed by atoms with Gasteiger partial charge in [-0.25, -0.2) is 0 Å². The maximum Gasteiger partial charge on any atom is 0.206 e. The first-order valence-corrected chi connectivity index (χ1v) is 5.00. The van der Waals surface area contributed by atoms with Crippen molar-refractivity contribution >= 4 is 16.5 Å². The highest BCUT2D eigenvalue weighted by atomic mass is 16.5. The van der Waals surface area contributed by atoms with Crippen LogP contribution in [0.4, 0.5) is 5.69 Å². The van der Waals surface area contributed by atoms with E-state index in [2.05, 4.69) is 15.5 Å². The van der Waals surface area contributed by atoms with Crippen molar-refractivity contribution in [3.05, 3.63) is 34.7 Å². The predicted octanol–water partition coefficient (Wildman–Crippen LogP) is 0.794. The number of benzene rings is 1. The summed E-state index contributed by atoms with van der Waals surface area (Å²) in [5.41, 5.74) is 0.713. The van der Waals surface area contributed by atoms with Gasteiger partial charge in [0.1, 0.15) is 12.4 Å². The molecule has 1 aromatic heterocycles. The molecule has 5 heteroatoms. The highest BCUT2D eigenvalue weighted by Crippen LogP contribution is 2.30. The summed E-state index contributed by atoms with van der Waals surface area (Å²) in [7, 11) is 0. The Labute approximate surface area is 91.1 Å². The maximum absolute atomic E-state index is 11.7. The summed E-state index contributed by atoms with van der Waals surface area (Å²) in [6.07, 6.45) is 2.79. The third-order valence-corrected chi connectivity index (χ3v) is 2.53. The summed E-state index contributed by atoms with van der Waals surface area (Å²) in [6.45, 7) is 1.38. The topological polar surface area (TPSA) is 64.1 Å². The summed E-state index contributed by atoms with van der Waals surface area (Å²) in [6, 6.07) is 3.60. The average molecular weight is 215 g/mol. The Kier molecular flexibility index (Phi) is 1.96. The second-order valence-electron chi connectivity index (χ2n) is 3.56. The lowest BCUT2D eigenvalue weighted by Gasteiger charge is -2.18. The molecule has 0 atom stereocenters. The van der Waals surface area contributed by atoms with Crippen LogP contribution in [0.2, 0.25) is 0 Å². The van der Waals surface area contributed by atoms with Crippen LogP contribution in [0.15, 0.2) is 29.3 Å².